The zero-order chi connectivity index (χ0) is 22.1. The van der Waals surface area contributed by atoms with Crippen LogP contribution in [-0.2, 0) is 31.9 Å². The third-order valence-corrected chi connectivity index (χ3v) is 4.40. The summed E-state index contributed by atoms with van der Waals surface area (Å²) in [6.07, 6.45) is -3.02. The van der Waals surface area contributed by atoms with E-state index in [4.69, 9.17) is 0 Å². The highest BCUT2D eigenvalue weighted by molar-refractivity contribution is 5.76. The van der Waals surface area contributed by atoms with Gasteiger partial charge in [-0.05, 0) is 24.1 Å². The van der Waals surface area contributed by atoms with Crippen LogP contribution < -0.4 is 21.3 Å². The molecule has 0 fully saturated rings. The largest absolute Gasteiger partial charge is 0.573 e. The Hall–Kier alpha value is -3.57. The van der Waals surface area contributed by atoms with Gasteiger partial charge in [-0.1, -0.05) is 12.1 Å². The number of carbonyl (C=O) groups excluding carboxylic acids is 1. The summed E-state index contributed by atoms with van der Waals surface area (Å²) in [5, 5.41) is 2.58. The molecule has 0 aliphatic carbocycles. The molecule has 12 heteroatoms. The first-order chi connectivity index (χ1) is 14.1. The Morgan fingerprint density at radius 3 is 2.47 bits per heavy atom. The summed E-state index contributed by atoms with van der Waals surface area (Å²) in [6.45, 7) is -0.299. The van der Waals surface area contributed by atoms with Crippen LogP contribution in [0.3, 0.4) is 0 Å². The summed E-state index contributed by atoms with van der Waals surface area (Å²) in [5.41, 5.74) is -0.188. The van der Waals surface area contributed by atoms with Crippen molar-refractivity contribution in [2.24, 2.45) is 14.1 Å². The van der Waals surface area contributed by atoms with Crippen LogP contribution in [0.25, 0.3) is 11.2 Å². The van der Waals surface area contributed by atoms with Crippen LogP contribution in [0.4, 0.5) is 13.2 Å². The Balaban J connectivity index is 1.62. The van der Waals surface area contributed by atoms with E-state index in [-0.39, 0.29) is 23.5 Å². The number of alkyl halides is 3. The molecule has 0 unspecified atom stereocenters. The Kier molecular flexibility index (Phi) is 5.67. The SMILES string of the molecule is Cn1cnc2c1c(=O)n(CC(=O)NCCc1ccc(OC(F)(F)F)cc1)c(=O)n2C. The quantitative estimate of drug-likeness (QED) is 0.627. The predicted molar refractivity (Wildman–Crippen MR) is 100 cm³/mol. The van der Waals surface area contributed by atoms with E-state index in [1.807, 2.05) is 0 Å². The van der Waals surface area contributed by atoms with Crippen molar-refractivity contribution < 1.29 is 22.7 Å². The smallest absolute Gasteiger partial charge is 0.406 e. The van der Waals surface area contributed by atoms with Crippen LogP contribution in [-0.4, -0.2) is 37.5 Å². The van der Waals surface area contributed by atoms with Gasteiger partial charge in [-0.3, -0.25) is 14.2 Å². The summed E-state index contributed by atoms with van der Waals surface area (Å²) in [5.74, 6) is -0.885. The Morgan fingerprint density at radius 2 is 1.83 bits per heavy atom. The van der Waals surface area contributed by atoms with Gasteiger partial charge in [0, 0.05) is 20.6 Å². The molecule has 0 saturated carbocycles. The predicted octanol–water partition coefficient (Wildman–Crippen LogP) is 0.691. The molecule has 0 aliphatic rings. The number of ether oxygens (including phenoxy) is 1. The van der Waals surface area contributed by atoms with Crippen LogP contribution in [0, 0.1) is 0 Å². The lowest BCUT2D eigenvalue weighted by Crippen LogP contribution is -2.43. The molecule has 0 saturated heterocycles. The number of halogens is 3. The molecule has 1 N–H and O–H groups in total. The Labute approximate surface area is 167 Å². The molecule has 2 heterocycles. The number of fused-ring (bicyclic) bond motifs is 1. The molecule has 160 valence electrons. The minimum atomic E-state index is -4.76. The number of hydrogen-bond donors (Lipinski definition) is 1. The van der Waals surface area contributed by atoms with Crippen LogP contribution in [0.2, 0.25) is 0 Å². The maximum atomic E-state index is 12.6. The summed E-state index contributed by atoms with van der Waals surface area (Å²) < 4.78 is 43.8. The first kappa shape index (κ1) is 21.1. The summed E-state index contributed by atoms with van der Waals surface area (Å²) in [7, 11) is 3.06. The van der Waals surface area contributed by atoms with E-state index in [0.29, 0.717) is 12.0 Å². The van der Waals surface area contributed by atoms with Crippen molar-refractivity contribution in [2.45, 2.75) is 19.3 Å². The van der Waals surface area contributed by atoms with E-state index in [1.54, 1.807) is 7.05 Å². The van der Waals surface area contributed by atoms with Crippen LogP contribution in [0.5, 0.6) is 5.75 Å². The number of amides is 1. The highest BCUT2D eigenvalue weighted by Gasteiger charge is 2.30. The van der Waals surface area contributed by atoms with Gasteiger partial charge in [-0.15, -0.1) is 13.2 Å². The monoisotopic (exact) mass is 425 g/mol. The van der Waals surface area contributed by atoms with E-state index < -0.39 is 30.1 Å². The number of nitrogens with zero attached hydrogens (tertiary/aromatic N) is 4. The maximum absolute atomic E-state index is 12.6. The number of imidazole rings is 1. The number of benzene rings is 1. The average Bonchev–Trinajstić information content (AvgIpc) is 3.05. The van der Waals surface area contributed by atoms with E-state index in [9.17, 15) is 27.6 Å². The van der Waals surface area contributed by atoms with Gasteiger partial charge in [0.1, 0.15) is 12.3 Å². The summed E-state index contributed by atoms with van der Waals surface area (Å²) in [4.78, 5) is 41.2. The molecule has 0 aliphatic heterocycles. The molecule has 3 aromatic rings. The number of aromatic nitrogens is 4. The van der Waals surface area contributed by atoms with Crippen LogP contribution in [0.15, 0.2) is 40.2 Å². The van der Waals surface area contributed by atoms with Gasteiger partial charge in [0.2, 0.25) is 5.91 Å². The molecule has 2 aromatic heterocycles. The minimum Gasteiger partial charge on any atom is -0.406 e. The molecule has 9 nitrogen and oxygen atoms in total. The first-order valence-corrected chi connectivity index (χ1v) is 8.79. The average molecular weight is 425 g/mol. The molecular weight excluding hydrogens is 407 g/mol. The summed E-state index contributed by atoms with van der Waals surface area (Å²) >= 11 is 0. The number of rotatable bonds is 6. The zero-order valence-corrected chi connectivity index (χ0v) is 16.1. The molecular formula is C18H18F3N5O4. The second-order valence-electron chi connectivity index (χ2n) is 6.55. The van der Waals surface area contributed by atoms with Crippen molar-refractivity contribution in [1.82, 2.24) is 24.0 Å². The highest BCUT2D eigenvalue weighted by Crippen LogP contribution is 2.22. The third kappa shape index (κ3) is 4.53. The van der Waals surface area contributed by atoms with E-state index >= 15 is 0 Å². The number of nitrogens with one attached hydrogen (secondary N) is 1. The van der Waals surface area contributed by atoms with Crippen LogP contribution >= 0.6 is 0 Å². The number of hydrogen-bond acceptors (Lipinski definition) is 5. The fraction of sp³-hybridized carbons (Fsp3) is 0.333. The van der Waals surface area contributed by atoms with Crippen molar-refractivity contribution in [1.29, 1.82) is 0 Å². The van der Waals surface area contributed by atoms with Gasteiger partial charge in [0.05, 0.1) is 6.33 Å². The van der Waals surface area contributed by atoms with Gasteiger partial charge in [0.15, 0.2) is 11.2 Å². The fourth-order valence-corrected chi connectivity index (χ4v) is 2.94. The van der Waals surface area contributed by atoms with Crippen molar-refractivity contribution in [3.8, 4) is 5.75 Å². The summed E-state index contributed by atoms with van der Waals surface area (Å²) in [6, 6.07) is 5.25. The number of aryl methyl sites for hydroxylation is 2. The number of carbonyl (C=O) groups is 1. The standard InChI is InChI=1S/C18H18F3N5O4/c1-24-10-23-15-14(24)16(28)26(17(29)25(15)2)9-13(27)22-8-7-11-3-5-12(6-4-11)30-18(19,20)21/h3-6,10H,7-9H2,1-2H3,(H,22,27). The fourth-order valence-electron chi connectivity index (χ4n) is 2.94. The molecule has 0 radical (unpaired) electrons. The molecule has 0 atom stereocenters. The normalized spacial score (nSPS) is 11.6. The van der Waals surface area contributed by atoms with E-state index in [1.165, 1.54) is 46.8 Å². The van der Waals surface area contributed by atoms with Crippen molar-refractivity contribution in [2.75, 3.05) is 6.54 Å². The molecule has 1 aromatic carbocycles. The van der Waals surface area contributed by atoms with Crippen LogP contribution in [0.1, 0.15) is 5.56 Å². The molecule has 0 spiro atoms. The minimum absolute atomic E-state index is 0.168. The van der Waals surface area contributed by atoms with Crippen molar-refractivity contribution >= 4 is 17.1 Å². The van der Waals surface area contributed by atoms with Gasteiger partial charge < -0.3 is 14.6 Å². The topological polar surface area (TPSA) is 100 Å². The third-order valence-electron chi connectivity index (χ3n) is 4.40. The molecule has 3 rings (SSSR count). The highest BCUT2D eigenvalue weighted by atomic mass is 19.4. The lowest BCUT2D eigenvalue weighted by molar-refractivity contribution is -0.274. The van der Waals surface area contributed by atoms with Crippen molar-refractivity contribution in [3.05, 3.63) is 57.0 Å². The Bertz CT molecular complexity index is 1190. The lowest BCUT2D eigenvalue weighted by Gasteiger charge is -2.10. The van der Waals surface area contributed by atoms with Crippen molar-refractivity contribution in [3.63, 3.8) is 0 Å². The zero-order valence-electron chi connectivity index (χ0n) is 16.1. The second kappa shape index (κ2) is 8.05. The van der Waals surface area contributed by atoms with E-state index in [0.717, 1.165) is 4.57 Å². The van der Waals surface area contributed by atoms with Gasteiger partial charge >= 0.3 is 12.1 Å². The Morgan fingerprint density at radius 1 is 1.17 bits per heavy atom. The van der Waals surface area contributed by atoms with E-state index in [2.05, 4.69) is 15.0 Å². The van der Waals surface area contributed by atoms with Gasteiger partial charge in [-0.25, -0.2) is 14.3 Å². The molecule has 0 bridgehead atoms. The molecule has 30 heavy (non-hydrogen) atoms. The van der Waals surface area contributed by atoms with Gasteiger partial charge in [0.25, 0.3) is 5.56 Å². The molecule has 1 amide bonds. The second-order valence-corrected chi connectivity index (χ2v) is 6.55. The maximum Gasteiger partial charge on any atom is 0.573 e. The first-order valence-electron chi connectivity index (χ1n) is 8.79. The lowest BCUT2D eigenvalue weighted by atomic mass is 10.1. The van der Waals surface area contributed by atoms with Gasteiger partial charge in [-0.2, -0.15) is 0 Å².